The van der Waals surface area contributed by atoms with Crippen LogP contribution in [0.2, 0.25) is 10.0 Å². The number of nitrogens with one attached hydrogen (secondary N) is 1. The van der Waals surface area contributed by atoms with E-state index in [0.717, 1.165) is 29.4 Å². The predicted molar refractivity (Wildman–Crippen MR) is 82.3 cm³/mol. The SMILES string of the molecule is Cn1nnnc1SCCCNCc1c(Cl)cccc1Cl. The van der Waals surface area contributed by atoms with Gasteiger partial charge in [-0.2, -0.15) is 0 Å². The minimum absolute atomic E-state index is 0.675. The summed E-state index contributed by atoms with van der Waals surface area (Å²) in [6.45, 7) is 1.56. The van der Waals surface area contributed by atoms with E-state index in [1.165, 1.54) is 0 Å². The highest BCUT2D eigenvalue weighted by atomic mass is 35.5. The third kappa shape index (κ3) is 4.34. The molecule has 1 heterocycles. The number of aryl methyl sites for hydroxylation is 1. The molecule has 1 aromatic carbocycles. The van der Waals surface area contributed by atoms with Gasteiger partial charge in [0.25, 0.3) is 0 Å². The largest absolute Gasteiger partial charge is 0.313 e. The molecule has 0 amide bonds. The Morgan fingerprint density at radius 1 is 1.30 bits per heavy atom. The minimum atomic E-state index is 0.675. The molecular weight excluding hydrogens is 317 g/mol. The van der Waals surface area contributed by atoms with Crippen molar-refractivity contribution in [3.05, 3.63) is 33.8 Å². The maximum atomic E-state index is 6.10. The minimum Gasteiger partial charge on any atom is -0.313 e. The van der Waals surface area contributed by atoms with Gasteiger partial charge in [-0.05, 0) is 35.5 Å². The Balaban J connectivity index is 1.66. The van der Waals surface area contributed by atoms with E-state index in [-0.39, 0.29) is 0 Å². The molecule has 1 N–H and O–H groups in total. The van der Waals surface area contributed by atoms with Crippen LogP contribution in [0.15, 0.2) is 23.4 Å². The Kier molecular flexibility index (Phi) is 6.09. The average molecular weight is 332 g/mol. The van der Waals surface area contributed by atoms with Gasteiger partial charge in [-0.1, -0.05) is 41.0 Å². The van der Waals surface area contributed by atoms with Gasteiger partial charge in [-0.15, -0.1) is 5.10 Å². The van der Waals surface area contributed by atoms with Crippen LogP contribution in [0.3, 0.4) is 0 Å². The van der Waals surface area contributed by atoms with Crippen LogP contribution in [0.5, 0.6) is 0 Å². The molecule has 0 atom stereocenters. The van der Waals surface area contributed by atoms with Crippen LogP contribution in [-0.4, -0.2) is 32.5 Å². The van der Waals surface area contributed by atoms with E-state index in [4.69, 9.17) is 23.2 Å². The second-order valence-electron chi connectivity index (χ2n) is 4.16. The van der Waals surface area contributed by atoms with Crippen LogP contribution in [0, 0.1) is 0 Å². The molecule has 0 fully saturated rings. The van der Waals surface area contributed by atoms with Crippen molar-refractivity contribution in [3.8, 4) is 0 Å². The van der Waals surface area contributed by atoms with E-state index in [1.54, 1.807) is 16.4 Å². The molecule has 0 radical (unpaired) electrons. The molecule has 0 bridgehead atoms. The second kappa shape index (κ2) is 7.83. The lowest BCUT2D eigenvalue weighted by atomic mass is 10.2. The standard InChI is InChI=1S/C12H15Cl2N5S/c1-19-12(16-17-18-19)20-7-3-6-15-8-9-10(13)4-2-5-11(9)14/h2,4-5,15H,3,6-8H2,1H3. The fourth-order valence-electron chi connectivity index (χ4n) is 1.62. The lowest BCUT2D eigenvalue weighted by Gasteiger charge is -2.08. The van der Waals surface area contributed by atoms with Gasteiger partial charge in [0, 0.05) is 35.0 Å². The van der Waals surface area contributed by atoms with Gasteiger partial charge in [0.05, 0.1) is 0 Å². The first-order valence-electron chi connectivity index (χ1n) is 6.17. The molecule has 0 aliphatic heterocycles. The van der Waals surface area contributed by atoms with Crippen molar-refractivity contribution in [1.29, 1.82) is 0 Å². The summed E-state index contributed by atoms with van der Waals surface area (Å²) < 4.78 is 1.67. The maximum Gasteiger partial charge on any atom is 0.209 e. The van der Waals surface area contributed by atoms with Crippen LogP contribution in [0.4, 0.5) is 0 Å². The van der Waals surface area contributed by atoms with E-state index >= 15 is 0 Å². The third-order valence-corrected chi connectivity index (χ3v) is 4.48. The molecule has 8 heteroatoms. The molecule has 5 nitrogen and oxygen atoms in total. The van der Waals surface area contributed by atoms with Crippen LogP contribution >= 0.6 is 35.0 Å². The first kappa shape index (κ1) is 15.6. The van der Waals surface area contributed by atoms with E-state index in [0.29, 0.717) is 16.6 Å². The summed E-state index contributed by atoms with van der Waals surface area (Å²) in [7, 11) is 1.83. The van der Waals surface area contributed by atoms with E-state index in [9.17, 15) is 0 Å². The van der Waals surface area contributed by atoms with Gasteiger partial charge in [-0.25, -0.2) is 4.68 Å². The van der Waals surface area contributed by atoms with Crippen molar-refractivity contribution in [2.75, 3.05) is 12.3 Å². The molecule has 0 aliphatic rings. The van der Waals surface area contributed by atoms with Gasteiger partial charge in [0.1, 0.15) is 0 Å². The summed E-state index contributed by atoms with van der Waals surface area (Å²) in [5, 5.41) is 16.9. The molecule has 2 rings (SSSR count). The highest BCUT2D eigenvalue weighted by Gasteiger charge is 2.05. The molecule has 0 spiro atoms. The second-order valence-corrected chi connectivity index (χ2v) is 6.04. The Morgan fingerprint density at radius 3 is 2.70 bits per heavy atom. The first-order chi connectivity index (χ1) is 9.68. The normalized spacial score (nSPS) is 10.9. The molecule has 0 unspecified atom stereocenters. The van der Waals surface area contributed by atoms with Crippen molar-refractivity contribution in [2.24, 2.45) is 7.05 Å². The predicted octanol–water partition coefficient (Wildman–Crippen LogP) is 2.79. The zero-order valence-corrected chi connectivity index (χ0v) is 13.3. The van der Waals surface area contributed by atoms with Gasteiger partial charge < -0.3 is 5.32 Å². The zero-order chi connectivity index (χ0) is 14.4. The number of halogens is 2. The molecule has 20 heavy (non-hydrogen) atoms. The van der Waals surface area contributed by atoms with Crippen LogP contribution in [0.25, 0.3) is 0 Å². The van der Waals surface area contributed by atoms with Gasteiger partial charge in [-0.3, -0.25) is 0 Å². The Morgan fingerprint density at radius 2 is 2.05 bits per heavy atom. The Hall–Kier alpha value is -0.820. The Bertz CT molecular complexity index is 540. The van der Waals surface area contributed by atoms with Gasteiger partial charge >= 0.3 is 0 Å². The summed E-state index contributed by atoms with van der Waals surface area (Å²) >= 11 is 13.8. The van der Waals surface area contributed by atoms with Gasteiger partial charge in [0.2, 0.25) is 5.16 Å². The fourth-order valence-corrected chi connectivity index (χ4v) is 2.94. The van der Waals surface area contributed by atoms with Crippen molar-refractivity contribution in [2.45, 2.75) is 18.1 Å². The van der Waals surface area contributed by atoms with Crippen LogP contribution in [0.1, 0.15) is 12.0 Å². The number of aromatic nitrogens is 4. The molecule has 108 valence electrons. The number of hydrogen-bond donors (Lipinski definition) is 1. The number of nitrogens with zero attached hydrogens (tertiary/aromatic N) is 4. The highest BCUT2D eigenvalue weighted by molar-refractivity contribution is 7.99. The number of hydrogen-bond acceptors (Lipinski definition) is 5. The summed E-state index contributed by atoms with van der Waals surface area (Å²) in [4.78, 5) is 0. The lowest BCUT2D eigenvalue weighted by molar-refractivity contribution is 0.661. The maximum absolute atomic E-state index is 6.10. The van der Waals surface area contributed by atoms with Crippen LogP contribution < -0.4 is 5.32 Å². The number of thioether (sulfide) groups is 1. The van der Waals surface area contributed by atoms with Crippen molar-refractivity contribution in [1.82, 2.24) is 25.5 Å². The topological polar surface area (TPSA) is 55.6 Å². The number of rotatable bonds is 7. The summed E-state index contributed by atoms with van der Waals surface area (Å²) in [6, 6.07) is 5.54. The molecule has 1 aromatic heterocycles. The molecule has 0 saturated heterocycles. The molecule has 2 aromatic rings. The van der Waals surface area contributed by atoms with E-state index in [2.05, 4.69) is 20.8 Å². The summed E-state index contributed by atoms with van der Waals surface area (Å²) in [6.07, 6.45) is 1.01. The Labute approximate surface area is 132 Å². The lowest BCUT2D eigenvalue weighted by Crippen LogP contribution is -2.16. The molecular formula is C12H15Cl2N5S. The zero-order valence-electron chi connectivity index (χ0n) is 11.0. The summed E-state index contributed by atoms with van der Waals surface area (Å²) in [5.41, 5.74) is 0.945. The van der Waals surface area contributed by atoms with Gasteiger partial charge in [0.15, 0.2) is 0 Å². The van der Waals surface area contributed by atoms with Crippen molar-refractivity contribution in [3.63, 3.8) is 0 Å². The molecule has 0 saturated carbocycles. The number of tetrazole rings is 1. The smallest absolute Gasteiger partial charge is 0.209 e. The summed E-state index contributed by atoms with van der Waals surface area (Å²) in [5.74, 6) is 0.956. The first-order valence-corrected chi connectivity index (χ1v) is 7.91. The number of benzene rings is 1. The van der Waals surface area contributed by atoms with Crippen LogP contribution in [-0.2, 0) is 13.6 Å². The quantitative estimate of drug-likeness (QED) is 0.624. The van der Waals surface area contributed by atoms with E-state index < -0.39 is 0 Å². The fraction of sp³-hybridized carbons (Fsp3) is 0.417. The van der Waals surface area contributed by atoms with E-state index in [1.807, 2.05) is 25.2 Å². The molecule has 0 aliphatic carbocycles. The average Bonchev–Trinajstić information content (AvgIpc) is 2.82. The third-order valence-electron chi connectivity index (χ3n) is 2.67. The van der Waals surface area contributed by atoms with Crippen molar-refractivity contribution >= 4 is 35.0 Å². The monoisotopic (exact) mass is 331 g/mol. The highest BCUT2D eigenvalue weighted by Crippen LogP contribution is 2.23. The van der Waals surface area contributed by atoms with Crippen molar-refractivity contribution < 1.29 is 0 Å².